The second kappa shape index (κ2) is 6.03. The SMILES string of the molecule is CCn1cc(C(=O)NC(C)CCC(=O)O)cn1. The lowest BCUT2D eigenvalue weighted by molar-refractivity contribution is -0.137. The molecule has 1 amide bonds. The van der Waals surface area contributed by atoms with Gasteiger partial charge < -0.3 is 10.4 Å². The number of aryl methyl sites for hydroxylation is 1. The van der Waals surface area contributed by atoms with Gasteiger partial charge in [0, 0.05) is 25.2 Å². The molecule has 2 N–H and O–H groups in total. The van der Waals surface area contributed by atoms with Gasteiger partial charge in [-0.05, 0) is 20.3 Å². The first-order valence-electron chi connectivity index (χ1n) is 5.58. The number of carboxylic acids is 1. The normalized spacial score (nSPS) is 12.1. The second-order valence-corrected chi connectivity index (χ2v) is 3.89. The number of carboxylic acid groups (broad SMARTS) is 1. The highest BCUT2D eigenvalue weighted by Gasteiger charge is 2.12. The Bertz CT molecular complexity index is 400. The molecule has 0 saturated carbocycles. The number of aliphatic carboxylic acids is 1. The van der Waals surface area contributed by atoms with Crippen molar-refractivity contribution in [1.82, 2.24) is 15.1 Å². The Morgan fingerprint density at radius 3 is 2.82 bits per heavy atom. The largest absolute Gasteiger partial charge is 0.481 e. The minimum atomic E-state index is -0.857. The lowest BCUT2D eigenvalue weighted by atomic mass is 10.2. The first-order chi connectivity index (χ1) is 8.02. The summed E-state index contributed by atoms with van der Waals surface area (Å²) in [6, 6.07) is -0.163. The van der Waals surface area contributed by atoms with Gasteiger partial charge in [-0.15, -0.1) is 0 Å². The fraction of sp³-hybridized carbons (Fsp3) is 0.545. The fourth-order valence-electron chi connectivity index (χ4n) is 1.37. The zero-order valence-electron chi connectivity index (χ0n) is 10.0. The third-order valence-electron chi connectivity index (χ3n) is 2.39. The van der Waals surface area contributed by atoms with Crippen molar-refractivity contribution in [3.05, 3.63) is 18.0 Å². The van der Waals surface area contributed by atoms with Crippen molar-refractivity contribution in [2.45, 2.75) is 39.3 Å². The topological polar surface area (TPSA) is 84.2 Å². The third kappa shape index (κ3) is 4.26. The smallest absolute Gasteiger partial charge is 0.303 e. The second-order valence-electron chi connectivity index (χ2n) is 3.89. The Balaban J connectivity index is 2.45. The maximum absolute atomic E-state index is 11.7. The van der Waals surface area contributed by atoms with Gasteiger partial charge in [0.2, 0.25) is 0 Å². The van der Waals surface area contributed by atoms with Gasteiger partial charge in [0.25, 0.3) is 5.91 Å². The maximum Gasteiger partial charge on any atom is 0.303 e. The molecule has 0 aliphatic heterocycles. The van der Waals surface area contributed by atoms with E-state index >= 15 is 0 Å². The predicted octanol–water partition coefficient (Wildman–Crippen LogP) is 0.886. The molecule has 0 aliphatic carbocycles. The average molecular weight is 239 g/mol. The molecule has 0 aliphatic rings. The van der Waals surface area contributed by atoms with Crippen molar-refractivity contribution >= 4 is 11.9 Å². The minimum Gasteiger partial charge on any atom is -0.481 e. The van der Waals surface area contributed by atoms with Gasteiger partial charge in [-0.2, -0.15) is 5.10 Å². The Hall–Kier alpha value is -1.85. The first-order valence-corrected chi connectivity index (χ1v) is 5.58. The van der Waals surface area contributed by atoms with Gasteiger partial charge in [-0.3, -0.25) is 14.3 Å². The van der Waals surface area contributed by atoms with E-state index in [-0.39, 0.29) is 18.4 Å². The van der Waals surface area contributed by atoms with Crippen molar-refractivity contribution < 1.29 is 14.7 Å². The van der Waals surface area contributed by atoms with E-state index in [0.29, 0.717) is 18.5 Å². The average Bonchev–Trinajstić information content (AvgIpc) is 2.74. The van der Waals surface area contributed by atoms with Crippen LogP contribution < -0.4 is 5.32 Å². The van der Waals surface area contributed by atoms with Crippen LogP contribution in [0, 0.1) is 0 Å². The quantitative estimate of drug-likeness (QED) is 0.772. The summed E-state index contributed by atoms with van der Waals surface area (Å²) >= 11 is 0. The molecule has 1 unspecified atom stereocenters. The minimum absolute atomic E-state index is 0.0513. The van der Waals surface area contributed by atoms with Crippen molar-refractivity contribution in [1.29, 1.82) is 0 Å². The van der Waals surface area contributed by atoms with Crippen LogP contribution in [0.4, 0.5) is 0 Å². The summed E-state index contributed by atoms with van der Waals surface area (Å²) in [5.74, 6) is -1.08. The van der Waals surface area contributed by atoms with E-state index < -0.39 is 5.97 Å². The lowest BCUT2D eigenvalue weighted by Gasteiger charge is -2.11. The van der Waals surface area contributed by atoms with E-state index in [1.165, 1.54) is 6.20 Å². The maximum atomic E-state index is 11.7. The summed E-state index contributed by atoms with van der Waals surface area (Å²) in [4.78, 5) is 22.1. The number of carbonyl (C=O) groups is 2. The molecule has 0 spiro atoms. The summed E-state index contributed by atoms with van der Waals surface area (Å²) in [5.41, 5.74) is 0.494. The molecule has 0 radical (unpaired) electrons. The Morgan fingerprint density at radius 1 is 1.59 bits per heavy atom. The standard InChI is InChI=1S/C11H17N3O3/c1-3-14-7-9(6-12-14)11(17)13-8(2)4-5-10(15)16/h6-8H,3-5H2,1-2H3,(H,13,17)(H,15,16). The Kier molecular flexibility index (Phi) is 4.68. The van der Waals surface area contributed by atoms with Gasteiger partial charge in [0.15, 0.2) is 0 Å². The molecular formula is C11H17N3O3. The number of rotatable bonds is 6. The van der Waals surface area contributed by atoms with E-state index in [1.54, 1.807) is 17.8 Å². The van der Waals surface area contributed by atoms with Crippen LogP contribution in [0.25, 0.3) is 0 Å². The molecule has 0 saturated heterocycles. The molecule has 0 aromatic carbocycles. The van der Waals surface area contributed by atoms with Crippen LogP contribution in [0.1, 0.15) is 37.0 Å². The van der Waals surface area contributed by atoms with Crippen molar-refractivity contribution in [2.24, 2.45) is 0 Å². The Labute approximate surface area is 99.6 Å². The molecule has 94 valence electrons. The monoisotopic (exact) mass is 239 g/mol. The van der Waals surface area contributed by atoms with Crippen LogP contribution >= 0.6 is 0 Å². The van der Waals surface area contributed by atoms with E-state index in [0.717, 1.165) is 0 Å². The molecular weight excluding hydrogens is 222 g/mol. The lowest BCUT2D eigenvalue weighted by Crippen LogP contribution is -2.32. The molecule has 1 aromatic rings. The highest BCUT2D eigenvalue weighted by molar-refractivity contribution is 5.93. The number of aromatic nitrogens is 2. The zero-order chi connectivity index (χ0) is 12.8. The Morgan fingerprint density at radius 2 is 2.29 bits per heavy atom. The number of nitrogens with one attached hydrogen (secondary N) is 1. The molecule has 6 heteroatoms. The number of nitrogens with zero attached hydrogens (tertiary/aromatic N) is 2. The molecule has 0 fully saturated rings. The molecule has 6 nitrogen and oxygen atoms in total. The van der Waals surface area contributed by atoms with Crippen LogP contribution in [0.2, 0.25) is 0 Å². The van der Waals surface area contributed by atoms with E-state index in [1.807, 2.05) is 6.92 Å². The van der Waals surface area contributed by atoms with Crippen LogP contribution in [-0.4, -0.2) is 32.8 Å². The number of hydrogen-bond donors (Lipinski definition) is 2. The summed E-state index contributed by atoms with van der Waals surface area (Å²) in [7, 11) is 0. The van der Waals surface area contributed by atoms with E-state index in [9.17, 15) is 9.59 Å². The van der Waals surface area contributed by atoms with Crippen LogP contribution in [0.5, 0.6) is 0 Å². The molecule has 1 heterocycles. The van der Waals surface area contributed by atoms with Crippen LogP contribution in [0.3, 0.4) is 0 Å². The van der Waals surface area contributed by atoms with Gasteiger partial charge >= 0.3 is 5.97 Å². The van der Waals surface area contributed by atoms with E-state index in [4.69, 9.17) is 5.11 Å². The van der Waals surface area contributed by atoms with Gasteiger partial charge in [-0.1, -0.05) is 0 Å². The molecule has 0 bridgehead atoms. The van der Waals surface area contributed by atoms with Gasteiger partial charge in [0.1, 0.15) is 0 Å². The molecule has 1 aromatic heterocycles. The van der Waals surface area contributed by atoms with Crippen molar-refractivity contribution in [3.63, 3.8) is 0 Å². The summed E-state index contributed by atoms with van der Waals surface area (Å²) < 4.78 is 1.66. The van der Waals surface area contributed by atoms with Gasteiger partial charge in [-0.25, -0.2) is 0 Å². The highest BCUT2D eigenvalue weighted by atomic mass is 16.4. The number of hydrogen-bond acceptors (Lipinski definition) is 3. The fourth-order valence-corrected chi connectivity index (χ4v) is 1.37. The summed E-state index contributed by atoms with van der Waals surface area (Å²) in [5, 5.41) is 15.3. The first kappa shape index (κ1) is 13.2. The highest BCUT2D eigenvalue weighted by Crippen LogP contribution is 2.01. The summed E-state index contributed by atoms with van der Waals surface area (Å²) in [6.07, 6.45) is 3.64. The molecule has 1 rings (SSSR count). The van der Waals surface area contributed by atoms with E-state index in [2.05, 4.69) is 10.4 Å². The van der Waals surface area contributed by atoms with Crippen LogP contribution in [-0.2, 0) is 11.3 Å². The van der Waals surface area contributed by atoms with Crippen molar-refractivity contribution in [3.8, 4) is 0 Å². The van der Waals surface area contributed by atoms with Gasteiger partial charge in [0.05, 0.1) is 11.8 Å². The van der Waals surface area contributed by atoms with Crippen molar-refractivity contribution in [2.75, 3.05) is 0 Å². The van der Waals surface area contributed by atoms with Crippen LogP contribution in [0.15, 0.2) is 12.4 Å². The number of carbonyl (C=O) groups excluding carboxylic acids is 1. The third-order valence-corrected chi connectivity index (χ3v) is 2.39. The molecule has 1 atom stereocenters. The molecule has 17 heavy (non-hydrogen) atoms. The number of amides is 1. The predicted molar refractivity (Wildman–Crippen MR) is 61.7 cm³/mol. The zero-order valence-corrected chi connectivity index (χ0v) is 10.0. The summed E-state index contributed by atoms with van der Waals surface area (Å²) in [6.45, 7) is 4.43.